The number of hydrogen-bond donors (Lipinski definition) is 3. The van der Waals surface area contributed by atoms with Crippen molar-refractivity contribution >= 4 is 11.6 Å². The number of rotatable bonds is 7. The predicted molar refractivity (Wildman–Crippen MR) is 74.4 cm³/mol. The number of aromatic nitrogens is 2. The van der Waals surface area contributed by atoms with Gasteiger partial charge < -0.3 is 16.2 Å². The molecule has 0 spiro atoms. The lowest BCUT2D eigenvalue weighted by molar-refractivity contribution is 0.220. The van der Waals surface area contributed by atoms with Crippen LogP contribution in [-0.4, -0.2) is 28.2 Å². The lowest BCUT2D eigenvalue weighted by Crippen LogP contribution is -2.25. The van der Waals surface area contributed by atoms with Crippen LogP contribution in [0.5, 0.6) is 0 Å². The van der Waals surface area contributed by atoms with Crippen LogP contribution in [-0.2, 0) is 6.42 Å². The van der Waals surface area contributed by atoms with E-state index in [1.165, 1.54) is 0 Å². The predicted octanol–water partition coefficient (Wildman–Crippen LogP) is 1.83. The van der Waals surface area contributed by atoms with Crippen molar-refractivity contribution in [2.24, 2.45) is 5.41 Å². The van der Waals surface area contributed by atoms with E-state index in [-0.39, 0.29) is 12.0 Å². The first-order valence-electron chi connectivity index (χ1n) is 6.45. The molecule has 0 aliphatic heterocycles. The Morgan fingerprint density at radius 3 is 2.72 bits per heavy atom. The molecule has 4 N–H and O–H groups in total. The van der Waals surface area contributed by atoms with Crippen molar-refractivity contribution in [1.29, 1.82) is 0 Å². The average molecular weight is 252 g/mol. The maximum atomic E-state index is 8.98. The number of nitrogens with two attached hydrogens (primary N) is 1. The van der Waals surface area contributed by atoms with E-state index < -0.39 is 0 Å². The summed E-state index contributed by atoms with van der Waals surface area (Å²) in [5.41, 5.74) is 5.78. The molecule has 1 aromatic rings. The minimum Gasteiger partial charge on any atom is -0.396 e. The van der Waals surface area contributed by atoms with Crippen LogP contribution >= 0.6 is 0 Å². The van der Waals surface area contributed by atoms with Crippen LogP contribution < -0.4 is 11.1 Å². The topological polar surface area (TPSA) is 84.1 Å². The van der Waals surface area contributed by atoms with Crippen molar-refractivity contribution in [1.82, 2.24) is 9.97 Å². The van der Waals surface area contributed by atoms with Crippen LogP contribution in [0.1, 0.15) is 39.4 Å². The van der Waals surface area contributed by atoms with Gasteiger partial charge in [0.2, 0.25) is 0 Å². The summed E-state index contributed by atoms with van der Waals surface area (Å²) in [6, 6.07) is 1.74. The van der Waals surface area contributed by atoms with E-state index in [4.69, 9.17) is 10.8 Å². The molecule has 0 unspecified atom stereocenters. The Hall–Kier alpha value is -1.36. The number of aryl methyl sites for hydroxylation is 1. The number of aliphatic hydroxyl groups excluding tert-OH is 1. The van der Waals surface area contributed by atoms with Crippen molar-refractivity contribution in [2.75, 3.05) is 24.2 Å². The molecule has 0 saturated carbocycles. The number of nitrogens with zero attached hydrogens (tertiary/aromatic N) is 2. The number of hydrogen-bond acceptors (Lipinski definition) is 5. The molecule has 0 atom stereocenters. The largest absolute Gasteiger partial charge is 0.396 e. The van der Waals surface area contributed by atoms with Gasteiger partial charge in [-0.1, -0.05) is 20.8 Å². The first-order chi connectivity index (χ1) is 8.46. The maximum absolute atomic E-state index is 8.98. The normalized spacial score (nSPS) is 11.6. The molecule has 102 valence electrons. The SMILES string of the molecule is CCCc1nc(N)cc(NCC(C)(C)CCO)n1. The molecule has 0 aromatic carbocycles. The highest BCUT2D eigenvalue weighted by molar-refractivity contribution is 5.44. The van der Waals surface area contributed by atoms with Crippen LogP contribution in [0.3, 0.4) is 0 Å². The molecule has 18 heavy (non-hydrogen) atoms. The molecule has 0 aliphatic carbocycles. The van der Waals surface area contributed by atoms with Gasteiger partial charge in [0, 0.05) is 25.6 Å². The molecule has 0 aliphatic rings. The van der Waals surface area contributed by atoms with Crippen LogP contribution in [0.2, 0.25) is 0 Å². The van der Waals surface area contributed by atoms with Gasteiger partial charge in [0.25, 0.3) is 0 Å². The van der Waals surface area contributed by atoms with Gasteiger partial charge in [0.15, 0.2) is 0 Å². The zero-order valence-electron chi connectivity index (χ0n) is 11.5. The van der Waals surface area contributed by atoms with E-state index in [2.05, 4.69) is 36.1 Å². The van der Waals surface area contributed by atoms with Crippen molar-refractivity contribution in [2.45, 2.75) is 40.0 Å². The van der Waals surface area contributed by atoms with Gasteiger partial charge in [0.05, 0.1) is 0 Å². The number of aliphatic hydroxyl groups is 1. The van der Waals surface area contributed by atoms with Crippen molar-refractivity contribution < 1.29 is 5.11 Å². The van der Waals surface area contributed by atoms with E-state index in [1.54, 1.807) is 6.07 Å². The molecule has 1 aromatic heterocycles. The Bertz CT molecular complexity index is 379. The molecule has 0 amide bonds. The fraction of sp³-hybridized carbons (Fsp3) is 0.692. The minimum absolute atomic E-state index is 0.0272. The quantitative estimate of drug-likeness (QED) is 0.689. The second-order valence-corrected chi connectivity index (χ2v) is 5.34. The van der Waals surface area contributed by atoms with Gasteiger partial charge in [-0.3, -0.25) is 0 Å². The highest BCUT2D eigenvalue weighted by Gasteiger charge is 2.17. The fourth-order valence-electron chi connectivity index (χ4n) is 1.66. The summed E-state index contributed by atoms with van der Waals surface area (Å²) in [5, 5.41) is 12.3. The van der Waals surface area contributed by atoms with Crippen molar-refractivity contribution in [3.63, 3.8) is 0 Å². The molecular formula is C13H24N4O. The maximum Gasteiger partial charge on any atom is 0.133 e. The zero-order chi connectivity index (χ0) is 13.6. The van der Waals surface area contributed by atoms with E-state index in [1.807, 2.05) is 0 Å². The number of nitrogen functional groups attached to an aromatic ring is 1. The molecule has 0 saturated heterocycles. The zero-order valence-corrected chi connectivity index (χ0v) is 11.5. The Morgan fingerprint density at radius 1 is 1.39 bits per heavy atom. The first-order valence-corrected chi connectivity index (χ1v) is 6.45. The molecule has 0 bridgehead atoms. The van der Waals surface area contributed by atoms with Crippen LogP contribution in [0.25, 0.3) is 0 Å². The van der Waals surface area contributed by atoms with Gasteiger partial charge in [-0.25, -0.2) is 9.97 Å². The summed E-state index contributed by atoms with van der Waals surface area (Å²) in [6.45, 7) is 7.24. The Kier molecular flexibility index (Phi) is 5.34. The third-order valence-corrected chi connectivity index (χ3v) is 2.80. The van der Waals surface area contributed by atoms with Gasteiger partial charge in [0.1, 0.15) is 17.5 Å². The molecule has 1 rings (SSSR count). The third kappa shape index (κ3) is 4.87. The summed E-state index contributed by atoms with van der Waals surface area (Å²) in [7, 11) is 0. The highest BCUT2D eigenvalue weighted by Crippen LogP contribution is 2.20. The molecule has 5 heteroatoms. The second-order valence-electron chi connectivity index (χ2n) is 5.34. The molecule has 0 radical (unpaired) electrons. The van der Waals surface area contributed by atoms with Crippen molar-refractivity contribution in [3.05, 3.63) is 11.9 Å². The number of nitrogens with one attached hydrogen (secondary N) is 1. The monoisotopic (exact) mass is 252 g/mol. The van der Waals surface area contributed by atoms with Crippen LogP contribution in [0.15, 0.2) is 6.07 Å². The standard InChI is InChI=1S/C13H24N4O/c1-4-5-11-16-10(14)8-12(17-11)15-9-13(2,3)6-7-18/h8,18H,4-7,9H2,1-3H3,(H3,14,15,16,17). The summed E-state index contributed by atoms with van der Waals surface area (Å²) < 4.78 is 0. The summed E-state index contributed by atoms with van der Waals surface area (Å²) in [5.74, 6) is 2.04. The molecule has 5 nitrogen and oxygen atoms in total. The van der Waals surface area contributed by atoms with Gasteiger partial charge in [-0.05, 0) is 18.3 Å². The van der Waals surface area contributed by atoms with Gasteiger partial charge >= 0.3 is 0 Å². The Labute approximate surface area is 109 Å². The number of anilines is 2. The van der Waals surface area contributed by atoms with Crippen molar-refractivity contribution in [3.8, 4) is 0 Å². The second kappa shape index (κ2) is 6.54. The summed E-state index contributed by atoms with van der Waals surface area (Å²) >= 11 is 0. The molecular weight excluding hydrogens is 228 g/mol. The lowest BCUT2D eigenvalue weighted by Gasteiger charge is -2.24. The minimum atomic E-state index is 0.0272. The van der Waals surface area contributed by atoms with Gasteiger partial charge in [-0.15, -0.1) is 0 Å². The van der Waals surface area contributed by atoms with E-state index in [0.717, 1.165) is 37.4 Å². The Morgan fingerprint density at radius 2 is 2.11 bits per heavy atom. The highest BCUT2D eigenvalue weighted by atomic mass is 16.3. The van der Waals surface area contributed by atoms with E-state index >= 15 is 0 Å². The van der Waals surface area contributed by atoms with E-state index in [0.29, 0.717) is 5.82 Å². The summed E-state index contributed by atoms with van der Waals surface area (Å²) in [4.78, 5) is 8.61. The average Bonchev–Trinajstić information content (AvgIpc) is 2.26. The Balaban J connectivity index is 2.66. The van der Waals surface area contributed by atoms with Crippen LogP contribution in [0, 0.1) is 5.41 Å². The van der Waals surface area contributed by atoms with E-state index in [9.17, 15) is 0 Å². The third-order valence-electron chi connectivity index (χ3n) is 2.80. The lowest BCUT2D eigenvalue weighted by atomic mass is 9.90. The fourth-order valence-corrected chi connectivity index (χ4v) is 1.66. The first kappa shape index (κ1) is 14.7. The van der Waals surface area contributed by atoms with Crippen LogP contribution in [0.4, 0.5) is 11.6 Å². The molecule has 1 heterocycles. The molecule has 0 fully saturated rings. The summed E-state index contributed by atoms with van der Waals surface area (Å²) in [6.07, 6.45) is 2.58. The smallest absolute Gasteiger partial charge is 0.133 e. The van der Waals surface area contributed by atoms with Gasteiger partial charge in [-0.2, -0.15) is 0 Å².